The third-order valence-electron chi connectivity index (χ3n) is 5.72. The monoisotopic (exact) mass is 535 g/mol. The van der Waals surface area contributed by atoms with Crippen LogP contribution in [0.5, 0.6) is 0 Å². The molecule has 4 aromatic rings. The Morgan fingerprint density at radius 2 is 1.49 bits per heavy atom. The summed E-state index contributed by atoms with van der Waals surface area (Å²) in [6.45, 7) is 1.81. The van der Waals surface area contributed by atoms with Gasteiger partial charge < -0.3 is 15.0 Å². The summed E-state index contributed by atoms with van der Waals surface area (Å²) in [5, 5.41) is 9.51. The van der Waals surface area contributed by atoms with E-state index in [1.165, 1.54) is 36.5 Å². The van der Waals surface area contributed by atoms with Crippen LogP contribution in [-0.4, -0.2) is 34.5 Å². The minimum atomic E-state index is -4.21. The highest BCUT2D eigenvalue weighted by Crippen LogP contribution is 2.34. The zero-order chi connectivity index (χ0) is 27.0. The molecule has 0 atom stereocenters. The van der Waals surface area contributed by atoms with Crippen LogP contribution in [0, 0.1) is 18.3 Å². The third-order valence-corrected chi connectivity index (χ3v) is 9.30. The van der Waals surface area contributed by atoms with Crippen LogP contribution in [0.2, 0.25) is 0 Å². The lowest BCUT2D eigenvalue weighted by Crippen LogP contribution is -2.15. The van der Waals surface area contributed by atoms with E-state index in [0.717, 1.165) is 29.4 Å². The fraction of sp³-hybridized carbons (Fsp3) is 0.0769. The number of anilines is 1. The predicted molar refractivity (Wildman–Crippen MR) is 135 cm³/mol. The number of methoxy groups -OCH3 is 1. The van der Waals surface area contributed by atoms with Crippen molar-refractivity contribution in [2.45, 2.75) is 26.5 Å². The molecule has 11 heteroatoms. The summed E-state index contributed by atoms with van der Waals surface area (Å²) in [6.07, 6.45) is 1.17. The van der Waals surface area contributed by atoms with Crippen LogP contribution >= 0.6 is 0 Å². The van der Waals surface area contributed by atoms with Crippen molar-refractivity contribution in [1.82, 2.24) is 4.57 Å². The van der Waals surface area contributed by atoms with Crippen LogP contribution in [0.4, 0.5) is 5.69 Å². The van der Waals surface area contributed by atoms with E-state index in [1.54, 1.807) is 37.3 Å². The van der Waals surface area contributed by atoms with Crippen molar-refractivity contribution < 1.29 is 26.4 Å². The van der Waals surface area contributed by atoms with Crippen molar-refractivity contribution >= 4 is 31.3 Å². The maximum Gasteiger partial charge on any atom is 0.357 e. The standard InChI is InChI=1S/C26H21N3O6S2/c1-17-8-10-20(11-9-17)37(33,34)23-13-12-21(36(31,32)19-6-4-3-5-7-19)14-22(23)29-16-18(15-27)24(28)25(29)26(30)35-2/h3-14,16H,28H2,1-2H3. The number of nitrogens with zero attached hydrogens (tertiary/aromatic N) is 2. The number of ether oxygens (including phenoxy) is 1. The van der Waals surface area contributed by atoms with E-state index in [9.17, 15) is 26.9 Å². The van der Waals surface area contributed by atoms with Crippen molar-refractivity contribution in [3.8, 4) is 11.8 Å². The maximum atomic E-state index is 13.7. The third kappa shape index (κ3) is 4.48. The summed E-state index contributed by atoms with van der Waals surface area (Å²) in [5.74, 6) is -0.936. The largest absolute Gasteiger partial charge is 0.464 e. The highest BCUT2D eigenvalue weighted by atomic mass is 32.2. The molecule has 0 amide bonds. The molecule has 1 heterocycles. The highest BCUT2D eigenvalue weighted by molar-refractivity contribution is 7.92. The topological polar surface area (TPSA) is 149 Å². The molecule has 0 saturated heterocycles. The summed E-state index contributed by atoms with van der Waals surface area (Å²) in [7, 11) is -7.18. The van der Waals surface area contributed by atoms with Crippen LogP contribution in [0.15, 0.2) is 98.6 Å². The number of rotatable bonds is 6. The molecule has 0 aliphatic carbocycles. The first-order valence-corrected chi connectivity index (χ1v) is 13.7. The quantitative estimate of drug-likeness (QED) is 0.367. The van der Waals surface area contributed by atoms with E-state index < -0.39 is 25.6 Å². The molecule has 37 heavy (non-hydrogen) atoms. The lowest BCUT2D eigenvalue weighted by Gasteiger charge is -2.16. The molecule has 0 fully saturated rings. The van der Waals surface area contributed by atoms with Crippen LogP contribution < -0.4 is 5.73 Å². The summed E-state index contributed by atoms with van der Waals surface area (Å²) >= 11 is 0. The minimum Gasteiger partial charge on any atom is -0.464 e. The van der Waals surface area contributed by atoms with Crippen LogP contribution in [-0.2, 0) is 24.4 Å². The van der Waals surface area contributed by atoms with Gasteiger partial charge in [-0.05, 0) is 49.4 Å². The number of carbonyl (C=O) groups excluding carboxylic acids is 1. The molecule has 0 aliphatic heterocycles. The molecule has 188 valence electrons. The van der Waals surface area contributed by atoms with E-state index in [4.69, 9.17) is 10.5 Å². The Hall–Kier alpha value is -4.40. The Morgan fingerprint density at radius 1 is 0.892 bits per heavy atom. The smallest absolute Gasteiger partial charge is 0.357 e. The van der Waals surface area contributed by atoms with Crippen LogP contribution in [0.3, 0.4) is 0 Å². The Labute approximate surface area is 214 Å². The second-order valence-electron chi connectivity index (χ2n) is 8.04. The summed E-state index contributed by atoms with van der Waals surface area (Å²) in [6, 6.07) is 19.0. The molecule has 0 bridgehead atoms. The first kappa shape index (κ1) is 25.7. The molecule has 4 rings (SSSR count). The van der Waals surface area contributed by atoms with Gasteiger partial charge in [-0.3, -0.25) is 0 Å². The Morgan fingerprint density at radius 3 is 2.08 bits per heavy atom. The van der Waals surface area contributed by atoms with Gasteiger partial charge in [0.25, 0.3) is 0 Å². The molecule has 9 nitrogen and oxygen atoms in total. The van der Waals surface area contributed by atoms with Crippen LogP contribution in [0.25, 0.3) is 5.69 Å². The second kappa shape index (κ2) is 9.57. The molecule has 0 spiro atoms. The summed E-state index contributed by atoms with van der Waals surface area (Å²) in [5.41, 5.74) is 6.01. The molecule has 0 aliphatic rings. The molecule has 0 unspecified atom stereocenters. The first-order valence-electron chi connectivity index (χ1n) is 10.8. The number of aryl methyl sites for hydroxylation is 1. The first-order chi connectivity index (χ1) is 17.5. The van der Waals surface area contributed by atoms with E-state index in [-0.39, 0.29) is 42.2 Å². The normalized spacial score (nSPS) is 11.6. The number of carbonyl (C=O) groups is 1. The van der Waals surface area contributed by atoms with Crippen molar-refractivity contribution in [1.29, 1.82) is 5.26 Å². The van der Waals surface area contributed by atoms with E-state index >= 15 is 0 Å². The van der Waals surface area contributed by atoms with Crippen molar-refractivity contribution in [2.75, 3.05) is 12.8 Å². The van der Waals surface area contributed by atoms with Crippen molar-refractivity contribution in [3.63, 3.8) is 0 Å². The number of nitriles is 1. The number of sulfone groups is 2. The van der Waals surface area contributed by atoms with Gasteiger partial charge in [-0.2, -0.15) is 5.26 Å². The van der Waals surface area contributed by atoms with E-state index in [2.05, 4.69) is 0 Å². The molecule has 0 saturated carbocycles. The SMILES string of the molecule is COC(=O)c1c(N)c(C#N)cn1-c1cc(S(=O)(=O)c2ccccc2)ccc1S(=O)(=O)c1ccc(C)cc1. The van der Waals surface area contributed by atoms with E-state index in [0.29, 0.717) is 0 Å². The molecule has 2 N–H and O–H groups in total. The lowest BCUT2D eigenvalue weighted by molar-refractivity contribution is 0.0593. The van der Waals surface area contributed by atoms with Gasteiger partial charge in [0.1, 0.15) is 6.07 Å². The maximum absolute atomic E-state index is 13.7. The molecular weight excluding hydrogens is 514 g/mol. The number of aromatic nitrogens is 1. The highest BCUT2D eigenvalue weighted by Gasteiger charge is 2.30. The van der Waals surface area contributed by atoms with Gasteiger partial charge in [-0.1, -0.05) is 35.9 Å². The van der Waals surface area contributed by atoms with Crippen LogP contribution in [0.1, 0.15) is 21.6 Å². The number of hydrogen-bond donors (Lipinski definition) is 1. The predicted octanol–water partition coefficient (Wildman–Crippen LogP) is 3.69. The number of nitrogen functional groups attached to an aromatic ring is 1. The zero-order valence-corrected chi connectivity index (χ0v) is 21.4. The summed E-state index contributed by atoms with van der Waals surface area (Å²) in [4.78, 5) is 12.1. The van der Waals surface area contributed by atoms with Gasteiger partial charge in [0.15, 0.2) is 5.69 Å². The Balaban J connectivity index is 2.08. The number of esters is 1. The number of benzene rings is 3. The minimum absolute atomic E-state index is 0.00647. The molecule has 1 aromatic heterocycles. The Kier molecular flexibility index (Phi) is 6.64. The second-order valence-corrected chi connectivity index (χ2v) is 11.9. The lowest BCUT2D eigenvalue weighted by atomic mass is 10.2. The van der Waals surface area contributed by atoms with E-state index in [1.807, 2.05) is 6.07 Å². The van der Waals surface area contributed by atoms with Gasteiger partial charge >= 0.3 is 5.97 Å². The number of nitrogens with two attached hydrogens (primary N) is 1. The zero-order valence-electron chi connectivity index (χ0n) is 19.7. The fourth-order valence-corrected chi connectivity index (χ4v) is 6.49. The summed E-state index contributed by atoms with van der Waals surface area (Å²) < 4.78 is 60.0. The van der Waals surface area contributed by atoms with Gasteiger partial charge in [0.2, 0.25) is 19.7 Å². The van der Waals surface area contributed by atoms with Gasteiger partial charge in [-0.25, -0.2) is 21.6 Å². The molecular formula is C26H21N3O6S2. The average molecular weight is 536 g/mol. The van der Waals surface area contributed by atoms with Gasteiger partial charge in [-0.15, -0.1) is 0 Å². The Bertz CT molecular complexity index is 1770. The molecule has 3 aromatic carbocycles. The van der Waals surface area contributed by atoms with Crippen molar-refractivity contribution in [2.24, 2.45) is 0 Å². The van der Waals surface area contributed by atoms with Crippen molar-refractivity contribution in [3.05, 3.63) is 95.8 Å². The average Bonchev–Trinajstić information content (AvgIpc) is 3.24. The van der Waals surface area contributed by atoms with Gasteiger partial charge in [0, 0.05) is 6.20 Å². The number of hydrogen-bond acceptors (Lipinski definition) is 8. The fourth-order valence-electron chi connectivity index (χ4n) is 3.76. The van der Waals surface area contributed by atoms with Gasteiger partial charge in [0.05, 0.1) is 43.6 Å². The molecule has 0 radical (unpaired) electrons.